The van der Waals surface area contributed by atoms with Crippen LogP contribution >= 0.6 is 9.24 Å². The average Bonchev–Trinajstić information content (AvgIpc) is 1.65. The van der Waals surface area contributed by atoms with Gasteiger partial charge in [0.2, 0.25) is 0 Å². The predicted molar refractivity (Wildman–Crippen MR) is 26.6 cm³/mol. The van der Waals surface area contributed by atoms with E-state index >= 15 is 0 Å². The van der Waals surface area contributed by atoms with E-state index in [2.05, 4.69) is 14.0 Å². The van der Waals surface area contributed by atoms with Crippen LogP contribution in [0.5, 0.6) is 0 Å². The zero-order chi connectivity index (χ0) is 4.99. The third-order valence-electron chi connectivity index (χ3n) is 0.394. The van der Waals surface area contributed by atoms with Gasteiger partial charge < -0.3 is 4.74 Å². The second-order valence-electron chi connectivity index (χ2n) is 0.780. The molecule has 0 radical (unpaired) electrons. The van der Waals surface area contributed by atoms with E-state index < -0.39 is 0 Å². The fourth-order valence-electron chi connectivity index (χ4n) is 0.0833. The van der Waals surface area contributed by atoms with Crippen molar-refractivity contribution < 1.29 is 9.53 Å². The largest absolute Gasteiger partial charge is 0.469 e. The molecule has 0 aromatic carbocycles. The van der Waals surface area contributed by atoms with Gasteiger partial charge in [0.1, 0.15) is 0 Å². The van der Waals surface area contributed by atoms with Crippen LogP contribution in [-0.4, -0.2) is 19.2 Å². The van der Waals surface area contributed by atoms with Crippen molar-refractivity contribution in [3.63, 3.8) is 0 Å². The normalized spacial score (nSPS) is 7.67. The molecule has 0 aromatic heterocycles. The monoisotopic (exact) mass is 106 g/mol. The lowest BCUT2D eigenvalue weighted by Crippen LogP contribution is -1.99. The first-order chi connectivity index (χ1) is 2.81. The lowest BCUT2D eigenvalue weighted by atomic mass is 10.8. The molecule has 0 aliphatic heterocycles. The molecule has 3 heteroatoms. The number of hydrogen-bond donors (Lipinski definition) is 0. The van der Waals surface area contributed by atoms with Gasteiger partial charge in [0.05, 0.1) is 13.3 Å². The maximum atomic E-state index is 9.94. The first kappa shape index (κ1) is 5.90. The molecule has 0 fully saturated rings. The highest BCUT2D eigenvalue weighted by atomic mass is 31.0. The van der Waals surface area contributed by atoms with Crippen LogP contribution in [0.1, 0.15) is 0 Å². The van der Waals surface area contributed by atoms with Crippen molar-refractivity contribution >= 4 is 15.2 Å². The Morgan fingerprint density at radius 2 is 2.50 bits per heavy atom. The number of ether oxygens (including phenoxy) is 1. The molecule has 0 rings (SSSR count). The van der Waals surface area contributed by atoms with Crippen molar-refractivity contribution in [2.24, 2.45) is 0 Å². The maximum absolute atomic E-state index is 9.94. The lowest BCUT2D eigenvalue weighted by Gasteiger charge is -1.87. The minimum absolute atomic E-state index is 0.194. The van der Waals surface area contributed by atoms with E-state index in [0.717, 1.165) is 0 Å². The quantitative estimate of drug-likeness (QED) is 0.348. The maximum Gasteiger partial charge on any atom is 0.309 e. The second-order valence-corrected chi connectivity index (χ2v) is 1.19. The van der Waals surface area contributed by atoms with Crippen LogP contribution in [0.2, 0.25) is 0 Å². The molecular weight excluding hydrogens is 99.0 g/mol. The van der Waals surface area contributed by atoms with Crippen LogP contribution in [-0.2, 0) is 9.53 Å². The molecule has 0 amide bonds. The van der Waals surface area contributed by atoms with E-state index in [-0.39, 0.29) is 5.97 Å². The molecule has 0 N–H and O–H groups in total. The third kappa shape index (κ3) is 2.16. The van der Waals surface area contributed by atoms with Crippen LogP contribution in [0, 0.1) is 0 Å². The van der Waals surface area contributed by atoms with Crippen LogP contribution in [0.15, 0.2) is 0 Å². The summed E-state index contributed by atoms with van der Waals surface area (Å²) in [7, 11) is 3.63. The van der Waals surface area contributed by atoms with Gasteiger partial charge in [-0.25, -0.2) is 0 Å². The predicted octanol–water partition coefficient (Wildman–Crippen LogP) is 0.0345. The molecular formula is C3H7O2P. The van der Waals surface area contributed by atoms with Crippen molar-refractivity contribution in [3.05, 3.63) is 0 Å². The Morgan fingerprint density at radius 3 is 2.50 bits per heavy atom. The van der Waals surface area contributed by atoms with E-state index in [9.17, 15) is 4.79 Å². The molecule has 1 atom stereocenters. The highest BCUT2D eigenvalue weighted by Crippen LogP contribution is 1.80. The summed E-state index contributed by atoms with van der Waals surface area (Å²) in [6, 6.07) is 0. The van der Waals surface area contributed by atoms with E-state index in [1.165, 1.54) is 7.11 Å². The number of hydrogen-bond acceptors (Lipinski definition) is 2. The fourth-order valence-corrected chi connectivity index (χ4v) is 0.250. The molecule has 0 bridgehead atoms. The highest BCUT2D eigenvalue weighted by Gasteiger charge is 1.87. The Bertz CT molecular complexity index is 46.8. The lowest BCUT2D eigenvalue weighted by molar-refractivity contribution is -0.137. The zero-order valence-electron chi connectivity index (χ0n) is 3.60. The van der Waals surface area contributed by atoms with E-state index in [1.807, 2.05) is 0 Å². The summed E-state index contributed by atoms with van der Waals surface area (Å²) >= 11 is 0. The van der Waals surface area contributed by atoms with E-state index in [4.69, 9.17) is 0 Å². The molecule has 1 unspecified atom stereocenters. The molecule has 0 spiro atoms. The van der Waals surface area contributed by atoms with Gasteiger partial charge in [-0.1, -0.05) is 0 Å². The van der Waals surface area contributed by atoms with Gasteiger partial charge in [0, 0.05) is 0 Å². The van der Waals surface area contributed by atoms with Crippen molar-refractivity contribution in [2.45, 2.75) is 0 Å². The summed E-state index contributed by atoms with van der Waals surface area (Å²) in [5.74, 6) is -0.194. The molecule has 0 saturated heterocycles. The van der Waals surface area contributed by atoms with Crippen molar-refractivity contribution in [1.29, 1.82) is 0 Å². The highest BCUT2D eigenvalue weighted by molar-refractivity contribution is 7.18. The van der Waals surface area contributed by atoms with E-state index in [1.54, 1.807) is 0 Å². The van der Waals surface area contributed by atoms with Crippen molar-refractivity contribution in [3.8, 4) is 0 Å². The number of esters is 1. The van der Waals surface area contributed by atoms with Crippen LogP contribution in [0.25, 0.3) is 0 Å². The molecule has 0 aliphatic carbocycles. The molecule has 0 aliphatic rings. The average molecular weight is 106 g/mol. The fraction of sp³-hybridized carbons (Fsp3) is 0.667. The van der Waals surface area contributed by atoms with Gasteiger partial charge in [-0.3, -0.25) is 4.79 Å². The van der Waals surface area contributed by atoms with Gasteiger partial charge >= 0.3 is 5.97 Å². The molecule has 6 heavy (non-hydrogen) atoms. The first-order valence-electron chi connectivity index (χ1n) is 1.58. The first-order valence-corrected chi connectivity index (χ1v) is 2.39. The molecule has 2 nitrogen and oxygen atoms in total. The minimum atomic E-state index is -0.194. The zero-order valence-corrected chi connectivity index (χ0v) is 4.76. The second kappa shape index (κ2) is 3.10. The number of carbonyl (C=O) groups excluding carboxylic acids is 1. The van der Waals surface area contributed by atoms with Crippen molar-refractivity contribution in [2.75, 3.05) is 13.3 Å². The van der Waals surface area contributed by atoms with Gasteiger partial charge in [-0.2, -0.15) is 0 Å². The van der Waals surface area contributed by atoms with E-state index in [0.29, 0.717) is 6.16 Å². The Labute approximate surface area is 39.1 Å². The SMILES string of the molecule is COC(=O)CP. The topological polar surface area (TPSA) is 26.3 Å². The number of rotatable bonds is 1. The Kier molecular flexibility index (Phi) is 3.05. The van der Waals surface area contributed by atoms with Gasteiger partial charge in [-0.15, -0.1) is 9.24 Å². The standard InChI is InChI=1S/C3H7O2P/c1-5-3(4)2-6/h2,6H2,1H3. The summed E-state index contributed by atoms with van der Waals surface area (Å²) < 4.78 is 4.24. The summed E-state index contributed by atoms with van der Waals surface area (Å²) in [6.07, 6.45) is 0.385. The van der Waals surface area contributed by atoms with Gasteiger partial charge in [-0.05, 0) is 0 Å². The van der Waals surface area contributed by atoms with Crippen LogP contribution in [0.3, 0.4) is 0 Å². The summed E-state index contributed by atoms with van der Waals surface area (Å²) in [5, 5.41) is 0. The Balaban J connectivity index is 2.99. The summed E-state index contributed by atoms with van der Waals surface area (Å²) in [5.41, 5.74) is 0. The summed E-state index contributed by atoms with van der Waals surface area (Å²) in [4.78, 5) is 9.94. The molecule has 0 aromatic rings. The van der Waals surface area contributed by atoms with Crippen LogP contribution in [0.4, 0.5) is 0 Å². The van der Waals surface area contributed by atoms with Crippen molar-refractivity contribution in [1.82, 2.24) is 0 Å². The van der Waals surface area contributed by atoms with Gasteiger partial charge in [0.25, 0.3) is 0 Å². The number of methoxy groups -OCH3 is 1. The molecule has 36 valence electrons. The summed E-state index contributed by atoms with van der Waals surface area (Å²) in [6.45, 7) is 0. The molecule has 0 saturated carbocycles. The molecule has 0 heterocycles. The third-order valence-corrected chi connectivity index (χ3v) is 0.728. The van der Waals surface area contributed by atoms with Gasteiger partial charge in [0.15, 0.2) is 0 Å². The van der Waals surface area contributed by atoms with Crippen LogP contribution < -0.4 is 0 Å². The Hall–Kier alpha value is -0.100. The minimum Gasteiger partial charge on any atom is -0.469 e. The number of carbonyl (C=O) groups is 1. The Morgan fingerprint density at radius 1 is 2.00 bits per heavy atom. The smallest absolute Gasteiger partial charge is 0.309 e.